The highest BCUT2D eigenvalue weighted by Gasteiger charge is 2.52. The van der Waals surface area contributed by atoms with Gasteiger partial charge in [0.2, 0.25) is 0 Å². The first-order chi connectivity index (χ1) is 11.5. The van der Waals surface area contributed by atoms with Crippen molar-refractivity contribution in [2.75, 3.05) is 6.26 Å². The standard InChI is InChI=1S/C19H26O.CH4O3S/c1-18-9-3-4-16(18)15-6-5-13-12-14(20)7-11-19(13,2)17(15)8-10-18;1-5(2,3)4/h8,12,15-16H,3-7,9-11H2,1-2H3;1H3,(H,2,3,4)/t15-,16-,18-,19-;/m0./s1. The quantitative estimate of drug-likeness (QED) is 0.511. The Labute approximate surface area is 151 Å². The molecule has 4 aliphatic rings. The van der Waals surface area contributed by atoms with E-state index < -0.39 is 10.1 Å². The lowest BCUT2D eigenvalue weighted by Gasteiger charge is -2.52. The number of rotatable bonds is 0. The molecule has 4 rings (SSSR count). The van der Waals surface area contributed by atoms with Crippen molar-refractivity contribution in [3.05, 3.63) is 23.3 Å². The third kappa shape index (κ3) is 3.63. The Morgan fingerprint density at radius 2 is 1.84 bits per heavy atom. The molecule has 4 nitrogen and oxygen atoms in total. The summed E-state index contributed by atoms with van der Waals surface area (Å²) >= 11 is 0. The summed E-state index contributed by atoms with van der Waals surface area (Å²) < 4.78 is 25.9. The number of ketones is 1. The lowest BCUT2D eigenvalue weighted by Crippen LogP contribution is -2.42. The second-order valence-corrected chi connectivity index (χ2v) is 10.3. The van der Waals surface area contributed by atoms with Crippen molar-refractivity contribution < 1.29 is 17.8 Å². The number of hydrogen-bond donors (Lipinski definition) is 1. The van der Waals surface area contributed by atoms with E-state index in [1.165, 1.54) is 37.7 Å². The maximum absolute atomic E-state index is 11.8. The number of hydrogen-bond acceptors (Lipinski definition) is 3. The summed E-state index contributed by atoms with van der Waals surface area (Å²) in [7, 11) is -3.67. The van der Waals surface area contributed by atoms with Crippen LogP contribution >= 0.6 is 0 Å². The first-order valence-corrected chi connectivity index (χ1v) is 11.2. The van der Waals surface area contributed by atoms with E-state index in [2.05, 4.69) is 19.9 Å². The van der Waals surface area contributed by atoms with Gasteiger partial charge in [0.15, 0.2) is 5.78 Å². The van der Waals surface area contributed by atoms with Crippen LogP contribution in [0, 0.1) is 22.7 Å². The van der Waals surface area contributed by atoms with Gasteiger partial charge in [0.05, 0.1) is 6.26 Å². The van der Waals surface area contributed by atoms with Gasteiger partial charge in [-0.25, -0.2) is 0 Å². The monoisotopic (exact) mass is 366 g/mol. The largest absolute Gasteiger partial charge is 0.295 e. The second-order valence-electron chi connectivity index (χ2n) is 8.86. The zero-order chi connectivity index (χ0) is 18.5. The number of carbonyl (C=O) groups is 1. The van der Waals surface area contributed by atoms with Crippen LogP contribution < -0.4 is 0 Å². The molecule has 0 spiro atoms. The van der Waals surface area contributed by atoms with Gasteiger partial charge in [-0.2, -0.15) is 8.42 Å². The van der Waals surface area contributed by atoms with Crippen molar-refractivity contribution in [1.29, 1.82) is 0 Å². The Kier molecular flexibility index (Phi) is 4.78. The van der Waals surface area contributed by atoms with Crippen LogP contribution in [0.4, 0.5) is 0 Å². The maximum Gasteiger partial charge on any atom is 0.261 e. The van der Waals surface area contributed by atoms with Gasteiger partial charge >= 0.3 is 0 Å². The SMILES string of the molecule is CS(=O)(=O)O.C[C@]12CCC(=O)C=C1CC[C@@H]1C2=CC[C@]2(C)CCC[C@@H]12. The van der Waals surface area contributed by atoms with Gasteiger partial charge in [-0.3, -0.25) is 9.35 Å². The van der Waals surface area contributed by atoms with Crippen molar-refractivity contribution in [3.63, 3.8) is 0 Å². The van der Waals surface area contributed by atoms with Crippen LogP contribution in [-0.4, -0.2) is 25.0 Å². The molecule has 2 saturated carbocycles. The fourth-order valence-corrected chi connectivity index (χ4v) is 5.85. The molecule has 140 valence electrons. The summed E-state index contributed by atoms with van der Waals surface area (Å²) in [5.74, 6) is 2.09. The molecule has 0 aromatic carbocycles. The van der Waals surface area contributed by atoms with E-state index in [9.17, 15) is 13.2 Å². The minimum atomic E-state index is -3.67. The van der Waals surface area contributed by atoms with Gasteiger partial charge in [0.25, 0.3) is 10.1 Å². The zero-order valence-corrected chi connectivity index (χ0v) is 16.4. The number of allylic oxidation sites excluding steroid dienone is 4. The summed E-state index contributed by atoms with van der Waals surface area (Å²) in [5, 5.41) is 0. The Balaban J connectivity index is 0.000000324. The van der Waals surface area contributed by atoms with Crippen LogP contribution in [0.5, 0.6) is 0 Å². The predicted octanol–water partition coefficient (Wildman–Crippen LogP) is 4.33. The van der Waals surface area contributed by atoms with Crippen LogP contribution in [0.3, 0.4) is 0 Å². The summed E-state index contributed by atoms with van der Waals surface area (Å²) in [4.78, 5) is 11.8. The fraction of sp³-hybridized carbons (Fsp3) is 0.750. The van der Waals surface area contributed by atoms with Gasteiger partial charge < -0.3 is 0 Å². The van der Waals surface area contributed by atoms with Crippen LogP contribution in [0.2, 0.25) is 0 Å². The van der Waals surface area contributed by atoms with E-state index in [4.69, 9.17) is 4.55 Å². The fourth-order valence-electron chi connectivity index (χ4n) is 5.85. The van der Waals surface area contributed by atoms with Crippen LogP contribution in [-0.2, 0) is 14.9 Å². The Hall–Kier alpha value is -0.940. The van der Waals surface area contributed by atoms with E-state index in [1.807, 2.05) is 6.08 Å². The summed E-state index contributed by atoms with van der Waals surface area (Å²) in [6.45, 7) is 4.94. The van der Waals surface area contributed by atoms with Crippen LogP contribution in [0.15, 0.2) is 23.3 Å². The molecule has 4 aliphatic carbocycles. The van der Waals surface area contributed by atoms with Crippen molar-refractivity contribution in [3.8, 4) is 0 Å². The molecule has 0 radical (unpaired) electrons. The smallest absolute Gasteiger partial charge is 0.261 e. The van der Waals surface area contributed by atoms with Gasteiger partial charge in [-0.05, 0) is 61.9 Å². The van der Waals surface area contributed by atoms with Crippen molar-refractivity contribution >= 4 is 15.9 Å². The van der Waals surface area contributed by atoms with E-state index >= 15 is 0 Å². The first-order valence-electron chi connectivity index (χ1n) is 9.40. The Morgan fingerprint density at radius 3 is 2.52 bits per heavy atom. The highest BCUT2D eigenvalue weighted by atomic mass is 32.2. The average Bonchev–Trinajstić information content (AvgIpc) is 2.88. The van der Waals surface area contributed by atoms with Crippen LogP contribution in [0.25, 0.3) is 0 Å². The van der Waals surface area contributed by atoms with Gasteiger partial charge in [0.1, 0.15) is 0 Å². The third-order valence-electron chi connectivity index (χ3n) is 7.11. The highest BCUT2D eigenvalue weighted by Crippen LogP contribution is 2.62. The van der Waals surface area contributed by atoms with E-state index in [0.29, 0.717) is 17.5 Å². The van der Waals surface area contributed by atoms with Crippen molar-refractivity contribution in [2.45, 2.75) is 65.2 Å². The maximum atomic E-state index is 11.8. The topological polar surface area (TPSA) is 71.4 Å². The van der Waals surface area contributed by atoms with Crippen molar-refractivity contribution in [2.24, 2.45) is 22.7 Å². The molecule has 0 heterocycles. The molecule has 1 N–H and O–H groups in total. The minimum Gasteiger partial charge on any atom is -0.295 e. The Bertz CT molecular complexity index is 725. The number of carbonyl (C=O) groups excluding carboxylic acids is 1. The van der Waals surface area contributed by atoms with Crippen LogP contribution in [0.1, 0.15) is 65.2 Å². The highest BCUT2D eigenvalue weighted by molar-refractivity contribution is 7.85. The van der Waals surface area contributed by atoms with Crippen molar-refractivity contribution in [1.82, 2.24) is 0 Å². The normalized spacial score (nSPS) is 39.9. The predicted molar refractivity (Wildman–Crippen MR) is 98.8 cm³/mol. The second kappa shape index (κ2) is 6.34. The Morgan fingerprint density at radius 1 is 1.16 bits per heavy atom. The molecule has 0 bridgehead atoms. The molecule has 0 amide bonds. The first kappa shape index (κ1) is 18.8. The molecular weight excluding hydrogens is 336 g/mol. The lowest BCUT2D eigenvalue weighted by molar-refractivity contribution is -0.115. The molecule has 0 aliphatic heterocycles. The number of fused-ring (bicyclic) bond motifs is 5. The molecule has 0 aromatic heterocycles. The minimum absolute atomic E-state index is 0.223. The molecule has 0 saturated heterocycles. The van der Waals surface area contributed by atoms with Gasteiger partial charge in [-0.1, -0.05) is 37.5 Å². The third-order valence-corrected chi connectivity index (χ3v) is 7.11. The molecule has 4 atom stereocenters. The van der Waals surface area contributed by atoms with E-state index in [0.717, 1.165) is 31.1 Å². The van der Waals surface area contributed by atoms with Gasteiger partial charge in [-0.15, -0.1) is 0 Å². The van der Waals surface area contributed by atoms with E-state index in [-0.39, 0.29) is 5.41 Å². The lowest BCUT2D eigenvalue weighted by atomic mass is 9.52. The molecular formula is C20H30O4S. The summed E-state index contributed by atoms with van der Waals surface area (Å²) in [6.07, 6.45) is 15.1. The zero-order valence-electron chi connectivity index (χ0n) is 15.5. The average molecular weight is 367 g/mol. The molecule has 0 aromatic rings. The molecule has 5 heteroatoms. The van der Waals surface area contributed by atoms with E-state index in [1.54, 1.807) is 5.57 Å². The molecule has 0 unspecified atom stereocenters. The summed E-state index contributed by atoms with van der Waals surface area (Å²) in [6, 6.07) is 0. The molecule has 25 heavy (non-hydrogen) atoms. The van der Waals surface area contributed by atoms with Gasteiger partial charge in [0, 0.05) is 11.8 Å². The molecule has 2 fully saturated rings. The summed E-state index contributed by atoms with van der Waals surface area (Å²) in [5.41, 5.74) is 3.96.